The molecule has 98 valence electrons. The van der Waals surface area contributed by atoms with Gasteiger partial charge >= 0.3 is 5.97 Å². The number of benzene rings is 1. The molecule has 0 aliphatic rings. The first-order valence-electron chi connectivity index (χ1n) is 5.28. The molecule has 0 saturated carbocycles. The van der Waals surface area contributed by atoms with Crippen LogP contribution in [0.3, 0.4) is 0 Å². The summed E-state index contributed by atoms with van der Waals surface area (Å²) in [7, 11) is 0. The van der Waals surface area contributed by atoms with Crippen LogP contribution in [0.5, 0.6) is 0 Å². The number of carboxylic acid groups (broad SMARTS) is 1. The molecule has 1 unspecified atom stereocenters. The lowest BCUT2D eigenvalue weighted by molar-refractivity contribution is -0.138. The van der Waals surface area contributed by atoms with Crippen LogP contribution in [-0.4, -0.2) is 23.0 Å². The smallest absolute Gasteiger partial charge is 0.320 e. The number of nitrogens with one attached hydrogen (secondary N) is 2. The first kappa shape index (κ1) is 13.9. The van der Waals surface area contributed by atoms with E-state index in [-0.39, 0.29) is 18.7 Å². The standard InChI is InChI=1S/C11H14FN3O3/c12-7-1-3-8(4-2-7)14-15-10(16)6-5-9(13)11(17)18/h1-4,9,14H,5-6,13H2,(H,15,16)(H,17,18). The fraction of sp³-hybridized carbons (Fsp3) is 0.273. The zero-order chi connectivity index (χ0) is 13.5. The molecule has 1 aromatic carbocycles. The third-order valence-corrected chi connectivity index (χ3v) is 2.19. The van der Waals surface area contributed by atoms with Crippen LogP contribution >= 0.6 is 0 Å². The SMILES string of the molecule is NC(CCC(=O)NNc1ccc(F)cc1)C(=O)O. The number of hydrogen-bond acceptors (Lipinski definition) is 4. The zero-order valence-electron chi connectivity index (χ0n) is 9.52. The second-order valence-electron chi connectivity index (χ2n) is 3.66. The Morgan fingerprint density at radius 1 is 1.33 bits per heavy atom. The van der Waals surface area contributed by atoms with Gasteiger partial charge in [0.1, 0.15) is 11.9 Å². The molecule has 0 heterocycles. The van der Waals surface area contributed by atoms with E-state index < -0.39 is 17.9 Å². The lowest BCUT2D eigenvalue weighted by Crippen LogP contribution is -2.34. The number of carboxylic acids is 1. The van der Waals surface area contributed by atoms with Gasteiger partial charge in [-0.05, 0) is 30.7 Å². The summed E-state index contributed by atoms with van der Waals surface area (Å²) in [5, 5.41) is 8.52. The van der Waals surface area contributed by atoms with E-state index >= 15 is 0 Å². The monoisotopic (exact) mass is 255 g/mol. The number of hydrogen-bond donors (Lipinski definition) is 4. The Hall–Kier alpha value is -2.15. The van der Waals surface area contributed by atoms with Crippen LogP contribution in [0.2, 0.25) is 0 Å². The molecule has 0 aliphatic carbocycles. The van der Waals surface area contributed by atoms with Crippen molar-refractivity contribution >= 4 is 17.6 Å². The van der Waals surface area contributed by atoms with E-state index in [0.717, 1.165) is 0 Å². The van der Waals surface area contributed by atoms with E-state index in [1.54, 1.807) is 0 Å². The van der Waals surface area contributed by atoms with Gasteiger partial charge in [-0.25, -0.2) is 4.39 Å². The molecule has 18 heavy (non-hydrogen) atoms. The highest BCUT2D eigenvalue weighted by atomic mass is 19.1. The Morgan fingerprint density at radius 2 is 1.94 bits per heavy atom. The molecule has 0 bridgehead atoms. The average molecular weight is 255 g/mol. The molecule has 1 atom stereocenters. The number of hydrazine groups is 1. The minimum Gasteiger partial charge on any atom is -0.480 e. The number of rotatable bonds is 6. The fourth-order valence-electron chi connectivity index (χ4n) is 1.15. The summed E-state index contributed by atoms with van der Waals surface area (Å²) in [4.78, 5) is 21.7. The number of nitrogens with two attached hydrogens (primary N) is 1. The van der Waals surface area contributed by atoms with Crippen LogP contribution in [0, 0.1) is 5.82 Å². The van der Waals surface area contributed by atoms with Gasteiger partial charge in [0.2, 0.25) is 5.91 Å². The molecule has 7 heteroatoms. The second kappa shape index (κ2) is 6.55. The van der Waals surface area contributed by atoms with Gasteiger partial charge in [-0.2, -0.15) is 0 Å². The first-order chi connectivity index (χ1) is 8.49. The summed E-state index contributed by atoms with van der Waals surface area (Å²) in [6, 6.07) is 4.35. The zero-order valence-corrected chi connectivity index (χ0v) is 9.52. The van der Waals surface area contributed by atoms with E-state index in [9.17, 15) is 14.0 Å². The molecule has 0 spiro atoms. The molecule has 6 nitrogen and oxygen atoms in total. The summed E-state index contributed by atoms with van der Waals surface area (Å²) in [5.74, 6) is -1.91. The molecule has 0 aromatic heterocycles. The van der Waals surface area contributed by atoms with Gasteiger partial charge in [-0.15, -0.1) is 0 Å². The number of carbonyl (C=O) groups excluding carboxylic acids is 1. The largest absolute Gasteiger partial charge is 0.480 e. The van der Waals surface area contributed by atoms with Gasteiger partial charge in [0.15, 0.2) is 0 Å². The highest BCUT2D eigenvalue weighted by molar-refractivity contribution is 5.79. The molecule has 5 N–H and O–H groups in total. The molecule has 1 amide bonds. The highest BCUT2D eigenvalue weighted by Gasteiger charge is 2.13. The summed E-state index contributed by atoms with van der Waals surface area (Å²) >= 11 is 0. The number of carbonyl (C=O) groups is 2. The van der Waals surface area contributed by atoms with Gasteiger partial charge in [-0.3, -0.25) is 20.4 Å². The molecular weight excluding hydrogens is 241 g/mol. The number of anilines is 1. The Kier molecular flexibility index (Phi) is 5.06. The van der Waals surface area contributed by atoms with Crippen molar-refractivity contribution < 1.29 is 19.1 Å². The first-order valence-corrected chi connectivity index (χ1v) is 5.28. The van der Waals surface area contributed by atoms with E-state index in [0.29, 0.717) is 5.69 Å². The van der Waals surface area contributed by atoms with Gasteiger partial charge in [0.05, 0.1) is 5.69 Å². The molecule has 1 rings (SSSR count). The quantitative estimate of drug-likeness (QED) is 0.553. The topological polar surface area (TPSA) is 104 Å². The minimum absolute atomic E-state index is 0.0122. The van der Waals surface area contributed by atoms with Crippen molar-refractivity contribution in [1.82, 2.24) is 5.43 Å². The normalized spacial score (nSPS) is 11.7. The molecule has 0 fully saturated rings. The lowest BCUT2D eigenvalue weighted by Gasteiger charge is -2.09. The average Bonchev–Trinajstić information content (AvgIpc) is 2.35. The van der Waals surface area contributed by atoms with E-state index in [4.69, 9.17) is 10.8 Å². The fourth-order valence-corrected chi connectivity index (χ4v) is 1.15. The third-order valence-electron chi connectivity index (χ3n) is 2.19. The van der Waals surface area contributed by atoms with Crippen LogP contribution < -0.4 is 16.6 Å². The van der Waals surface area contributed by atoms with Crippen LogP contribution in [-0.2, 0) is 9.59 Å². The highest BCUT2D eigenvalue weighted by Crippen LogP contribution is 2.06. The van der Waals surface area contributed by atoms with Gasteiger partial charge in [0.25, 0.3) is 0 Å². The number of aliphatic carboxylic acids is 1. The van der Waals surface area contributed by atoms with Crippen LogP contribution in [0.15, 0.2) is 24.3 Å². The van der Waals surface area contributed by atoms with Crippen molar-refractivity contribution in [3.63, 3.8) is 0 Å². The Bertz CT molecular complexity index is 422. The van der Waals surface area contributed by atoms with Crippen molar-refractivity contribution in [3.8, 4) is 0 Å². The third kappa shape index (κ3) is 4.79. The number of halogens is 1. The molecule has 1 aromatic rings. The Balaban J connectivity index is 2.29. The van der Waals surface area contributed by atoms with Crippen LogP contribution in [0.25, 0.3) is 0 Å². The van der Waals surface area contributed by atoms with Crippen molar-refractivity contribution in [3.05, 3.63) is 30.1 Å². The molecule has 0 radical (unpaired) electrons. The maximum atomic E-state index is 12.6. The lowest BCUT2D eigenvalue weighted by atomic mass is 10.2. The van der Waals surface area contributed by atoms with Crippen molar-refractivity contribution in [2.75, 3.05) is 5.43 Å². The summed E-state index contributed by atoms with van der Waals surface area (Å²) < 4.78 is 12.6. The van der Waals surface area contributed by atoms with Crippen molar-refractivity contribution in [2.24, 2.45) is 5.73 Å². The molecule has 0 saturated heterocycles. The summed E-state index contributed by atoms with van der Waals surface area (Å²) in [6.45, 7) is 0. The Labute approximate surface area is 103 Å². The van der Waals surface area contributed by atoms with E-state index in [2.05, 4.69) is 10.9 Å². The van der Waals surface area contributed by atoms with E-state index in [1.165, 1.54) is 24.3 Å². The maximum absolute atomic E-state index is 12.6. The van der Waals surface area contributed by atoms with E-state index in [1.807, 2.05) is 0 Å². The van der Waals surface area contributed by atoms with Crippen molar-refractivity contribution in [2.45, 2.75) is 18.9 Å². The summed E-state index contributed by atoms with van der Waals surface area (Å²) in [5.41, 5.74) is 10.7. The van der Waals surface area contributed by atoms with Gasteiger partial charge < -0.3 is 10.8 Å². The molecule has 0 aliphatic heterocycles. The van der Waals surface area contributed by atoms with Crippen LogP contribution in [0.4, 0.5) is 10.1 Å². The molecular formula is C11H14FN3O3. The van der Waals surface area contributed by atoms with Crippen LogP contribution in [0.1, 0.15) is 12.8 Å². The van der Waals surface area contributed by atoms with Crippen molar-refractivity contribution in [1.29, 1.82) is 0 Å². The Morgan fingerprint density at radius 3 is 2.50 bits per heavy atom. The van der Waals surface area contributed by atoms with Gasteiger partial charge in [0, 0.05) is 6.42 Å². The van der Waals surface area contributed by atoms with Gasteiger partial charge in [-0.1, -0.05) is 0 Å². The predicted molar refractivity (Wildman–Crippen MR) is 63.0 cm³/mol. The second-order valence-corrected chi connectivity index (χ2v) is 3.66. The summed E-state index contributed by atoms with van der Waals surface area (Å²) in [6.07, 6.45) is 0.0356. The minimum atomic E-state index is -1.14. The predicted octanol–water partition coefficient (Wildman–Crippen LogP) is 0.461. The number of amides is 1. The maximum Gasteiger partial charge on any atom is 0.320 e.